The van der Waals surface area contributed by atoms with Gasteiger partial charge in [0, 0.05) is 34.8 Å². The average molecular weight is 605 g/mol. The molecule has 1 aromatic carbocycles. The van der Waals surface area contributed by atoms with Crippen LogP contribution in [0, 0.1) is 23.7 Å². The lowest BCUT2D eigenvalue weighted by molar-refractivity contribution is -0.151. The molecule has 0 radical (unpaired) electrons. The number of ketones is 2. The maximum atomic E-state index is 13.9. The number of ether oxygens (including phenoxy) is 1. The van der Waals surface area contributed by atoms with Crippen LogP contribution in [0.1, 0.15) is 69.3 Å². The number of amides is 2. The van der Waals surface area contributed by atoms with Gasteiger partial charge in [0.2, 0.25) is 5.91 Å². The number of esters is 1. The molecule has 1 aromatic heterocycles. The number of fused-ring (bicyclic) bond motifs is 2. The predicted molar refractivity (Wildman–Crippen MR) is 154 cm³/mol. The van der Waals surface area contributed by atoms with E-state index in [2.05, 4.69) is 10.3 Å². The molecule has 220 valence electrons. The van der Waals surface area contributed by atoms with Crippen molar-refractivity contribution in [2.75, 3.05) is 13.2 Å². The fourth-order valence-electron chi connectivity index (χ4n) is 6.64. The lowest BCUT2D eigenvalue weighted by Crippen LogP contribution is -2.53. The molecule has 0 spiro atoms. The van der Waals surface area contributed by atoms with Crippen LogP contribution >= 0.6 is 23.2 Å². The molecule has 41 heavy (non-hydrogen) atoms. The second kappa shape index (κ2) is 12.1. The number of H-pyrrole nitrogens is 1. The van der Waals surface area contributed by atoms with Crippen molar-refractivity contribution in [1.82, 2.24) is 15.2 Å². The number of likely N-dealkylation sites (tertiary alicyclic amines) is 1. The summed E-state index contributed by atoms with van der Waals surface area (Å²) in [6.45, 7) is 3.28. The molecule has 3 aliphatic rings. The quantitative estimate of drug-likeness (QED) is 0.399. The van der Waals surface area contributed by atoms with E-state index < -0.39 is 42.3 Å². The third-order valence-electron chi connectivity index (χ3n) is 8.79. The highest BCUT2D eigenvalue weighted by molar-refractivity contribution is 6.38. The van der Waals surface area contributed by atoms with E-state index in [-0.39, 0.29) is 35.9 Å². The maximum absolute atomic E-state index is 13.9. The van der Waals surface area contributed by atoms with Crippen LogP contribution in [0.25, 0.3) is 10.9 Å². The molecular formula is C30H35Cl2N3O6. The number of aromatic amines is 1. The lowest BCUT2D eigenvalue weighted by atomic mass is 9.91. The average Bonchev–Trinajstić information content (AvgIpc) is 3.70. The third-order valence-corrected chi connectivity index (χ3v) is 9.32. The van der Waals surface area contributed by atoms with E-state index in [4.69, 9.17) is 27.9 Å². The van der Waals surface area contributed by atoms with Crippen LogP contribution in [0.4, 0.5) is 0 Å². The molecule has 5 rings (SSSR count). The van der Waals surface area contributed by atoms with Gasteiger partial charge in [-0.15, -0.1) is 0 Å². The van der Waals surface area contributed by atoms with Crippen LogP contribution < -0.4 is 5.32 Å². The Morgan fingerprint density at radius 2 is 1.88 bits per heavy atom. The molecule has 1 saturated heterocycles. The number of Topliss-reactive ketones (excluding diaryl/α,β-unsaturated/α-hetero) is 2. The Morgan fingerprint density at radius 1 is 1.10 bits per heavy atom. The van der Waals surface area contributed by atoms with Gasteiger partial charge in [0.25, 0.3) is 5.91 Å². The van der Waals surface area contributed by atoms with Crippen LogP contribution in [0.3, 0.4) is 0 Å². The van der Waals surface area contributed by atoms with Gasteiger partial charge in [0.05, 0.1) is 17.0 Å². The molecule has 0 bridgehead atoms. The van der Waals surface area contributed by atoms with Crippen molar-refractivity contribution in [3.63, 3.8) is 0 Å². The summed E-state index contributed by atoms with van der Waals surface area (Å²) in [6, 6.07) is 3.19. The Labute approximate surface area is 248 Å². The number of carbonyl (C=O) groups is 5. The van der Waals surface area contributed by atoms with Crippen molar-refractivity contribution in [2.24, 2.45) is 23.7 Å². The van der Waals surface area contributed by atoms with Gasteiger partial charge in [-0.3, -0.25) is 24.0 Å². The van der Waals surface area contributed by atoms with E-state index in [1.165, 1.54) is 0 Å². The zero-order valence-corrected chi connectivity index (χ0v) is 24.7. The van der Waals surface area contributed by atoms with E-state index in [1.54, 1.807) is 36.9 Å². The summed E-state index contributed by atoms with van der Waals surface area (Å²) in [7, 11) is 0. The molecule has 1 aliphatic heterocycles. The first kappa shape index (κ1) is 29.6. The minimum atomic E-state index is -0.999. The molecule has 2 N–H and O–H groups in total. The van der Waals surface area contributed by atoms with Crippen LogP contribution in [0.2, 0.25) is 10.0 Å². The number of halogens is 2. The van der Waals surface area contributed by atoms with E-state index in [0.29, 0.717) is 46.0 Å². The molecule has 2 saturated carbocycles. The van der Waals surface area contributed by atoms with Crippen LogP contribution in [-0.4, -0.2) is 64.5 Å². The number of benzene rings is 1. The van der Waals surface area contributed by atoms with E-state index in [0.717, 1.165) is 25.7 Å². The number of carbonyl (C=O) groups excluding carboxylic acids is 5. The Balaban J connectivity index is 1.38. The summed E-state index contributed by atoms with van der Waals surface area (Å²) in [5, 5.41) is 4.38. The molecular weight excluding hydrogens is 569 g/mol. The molecule has 0 unspecified atom stereocenters. The molecule has 9 nitrogen and oxygen atoms in total. The molecule has 5 atom stereocenters. The standard InChI is InChI=1S/C30H35Cl2N3O6/c1-15(2)30(40)41-14-26(37)23(9-16-5-4-8-25(16)36)34-28(38)27-19-7-3-6-17(19)13-35(27)29(39)24-12-20-21(32)10-18(31)11-22(20)33-24/h10-12,15-17,19,23,27,33H,3-9,13-14H2,1-2H3,(H,34,38)/t16-,17-,19-,23-,27-/m0/s1. The van der Waals surface area contributed by atoms with Gasteiger partial charge >= 0.3 is 5.97 Å². The Bertz CT molecular complexity index is 1390. The highest BCUT2D eigenvalue weighted by atomic mass is 35.5. The molecule has 2 aromatic rings. The Hall–Kier alpha value is -2.91. The van der Waals surface area contributed by atoms with Gasteiger partial charge < -0.3 is 19.9 Å². The molecule has 2 aliphatic carbocycles. The van der Waals surface area contributed by atoms with Gasteiger partial charge in [-0.2, -0.15) is 0 Å². The van der Waals surface area contributed by atoms with Crippen LogP contribution in [0.5, 0.6) is 0 Å². The number of hydrogen-bond acceptors (Lipinski definition) is 6. The Morgan fingerprint density at radius 3 is 2.59 bits per heavy atom. The summed E-state index contributed by atoms with van der Waals surface area (Å²) in [4.78, 5) is 70.1. The second-order valence-electron chi connectivity index (χ2n) is 11.9. The molecule has 2 heterocycles. The summed E-state index contributed by atoms with van der Waals surface area (Å²) >= 11 is 12.5. The number of nitrogens with zero attached hydrogens (tertiary/aromatic N) is 1. The topological polar surface area (TPSA) is 126 Å². The largest absolute Gasteiger partial charge is 0.457 e. The molecule has 3 fully saturated rings. The lowest BCUT2D eigenvalue weighted by Gasteiger charge is -2.29. The normalized spacial score (nSPS) is 24.6. The third kappa shape index (κ3) is 6.16. The monoisotopic (exact) mass is 603 g/mol. The van der Waals surface area contributed by atoms with Crippen LogP contribution in [-0.2, 0) is 23.9 Å². The number of aromatic nitrogens is 1. The summed E-state index contributed by atoms with van der Waals surface area (Å²) in [5.74, 6) is -2.27. The minimum Gasteiger partial charge on any atom is -0.457 e. The zero-order chi connectivity index (χ0) is 29.4. The first-order valence-electron chi connectivity index (χ1n) is 14.3. The number of nitrogens with one attached hydrogen (secondary N) is 2. The predicted octanol–water partition coefficient (Wildman–Crippen LogP) is 4.73. The van der Waals surface area contributed by atoms with Gasteiger partial charge in [0.15, 0.2) is 12.4 Å². The van der Waals surface area contributed by atoms with Gasteiger partial charge in [-0.25, -0.2) is 0 Å². The SMILES string of the molecule is CC(C)C(=O)OCC(=O)[C@H](C[C@@H]1CCCC1=O)NC(=O)[C@@H]1[C@H]2CCC[C@H]2CN1C(=O)c1cc2c(Cl)cc(Cl)cc2[nH]1. The second-order valence-corrected chi connectivity index (χ2v) is 12.7. The fourth-order valence-corrected chi connectivity index (χ4v) is 7.19. The highest BCUT2D eigenvalue weighted by Gasteiger charge is 2.50. The first-order chi connectivity index (χ1) is 19.5. The first-order valence-corrected chi connectivity index (χ1v) is 15.1. The van der Waals surface area contributed by atoms with Gasteiger partial charge in [-0.1, -0.05) is 43.5 Å². The highest BCUT2D eigenvalue weighted by Crippen LogP contribution is 2.43. The summed E-state index contributed by atoms with van der Waals surface area (Å²) in [6.07, 6.45) is 4.68. The van der Waals surface area contributed by atoms with Crippen LogP contribution in [0.15, 0.2) is 18.2 Å². The van der Waals surface area contributed by atoms with Crippen molar-refractivity contribution in [1.29, 1.82) is 0 Å². The summed E-state index contributed by atoms with van der Waals surface area (Å²) in [5.41, 5.74) is 0.917. The van der Waals surface area contributed by atoms with Gasteiger partial charge in [0.1, 0.15) is 17.5 Å². The van der Waals surface area contributed by atoms with Gasteiger partial charge in [-0.05, 0) is 62.1 Å². The van der Waals surface area contributed by atoms with Crippen molar-refractivity contribution >= 4 is 63.5 Å². The number of rotatable bonds is 9. The summed E-state index contributed by atoms with van der Waals surface area (Å²) < 4.78 is 5.16. The maximum Gasteiger partial charge on any atom is 0.308 e. The van der Waals surface area contributed by atoms with Crippen molar-refractivity contribution in [2.45, 2.75) is 70.9 Å². The van der Waals surface area contributed by atoms with Crippen molar-refractivity contribution in [3.8, 4) is 0 Å². The fraction of sp³-hybridized carbons (Fsp3) is 0.567. The smallest absolute Gasteiger partial charge is 0.308 e. The molecule has 11 heteroatoms. The van der Waals surface area contributed by atoms with Crippen molar-refractivity contribution < 1.29 is 28.7 Å². The number of hydrogen-bond donors (Lipinski definition) is 2. The van der Waals surface area contributed by atoms with Crippen molar-refractivity contribution in [3.05, 3.63) is 33.9 Å². The van der Waals surface area contributed by atoms with E-state index in [1.807, 2.05) is 0 Å². The van der Waals surface area contributed by atoms with E-state index >= 15 is 0 Å². The minimum absolute atomic E-state index is 0.0380. The molecule has 2 amide bonds. The van der Waals surface area contributed by atoms with E-state index in [9.17, 15) is 24.0 Å². The zero-order valence-electron chi connectivity index (χ0n) is 23.2. The Kier molecular flexibility index (Phi) is 8.76.